The molecule has 4 aromatic rings. The molecule has 0 spiro atoms. The lowest BCUT2D eigenvalue weighted by atomic mass is 9.96. The Hall–Kier alpha value is -5.15. The maximum atomic E-state index is 12.9. The van der Waals surface area contributed by atoms with Gasteiger partial charge in [0.2, 0.25) is 5.91 Å². The number of phenolic OH excluding ortho intramolecular Hbond substituents is 1. The molecule has 9 nitrogen and oxygen atoms in total. The van der Waals surface area contributed by atoms with Crippen molar-refractivity contribution in [2.75, 3.05) is 18.2 Å². The fourth-order valence-corrected chi connectivity index (χ4v) is 4.03. The van der Waals surface area contributed by atoms with Crippen molar-refractivity contribution < 1.29 is 29.0 Å². The molecule has 0 fully saturated rings. The normalized spacial score (nSPS) is 12.5. The molecule has 39 heavy (non-hydrogen) atoms. The van der Waals surface area contributed by atoms with Crippen LogP contribution in [0.15, 0.2) is 103 Å². The number of aromatic hydroxyl groups is 1. The molecule has 3 amide bonds. The lowest BCUT2D eigenvalue weighted by Crippen LogP contribution is -2.35. The van der Waals surface area contributed by atoms with E-state index >= 15 is 0 Å². The summed E-state index contributed by atoms with van der Waals surface area (Å²) in [6, 6.07) is 25.1. The van der Waals surface area contributed by atoms with E-state index in [9.17, 15) is 19.5 Å². The standard InChI is InChI=1S/C30H27N3O6/c1-38-26(17-18-27(35)32-24-14-8-7-13-23(24)31)28(22-15-16-25(34)21-12-6-5-11-20(21)22)39-30(37)33-29(36)19-9-3-2-4-10-19/h2-18,26,28,34H,31H2,1H3,(H,32,35)(H,33,36,37)/b18-17+/t26-,28-/m0/s1. The van der Waals surface area contributed by atoms with Crippen LogP contribution in [0.3, 0.4) is 0 Å². The summed E-state index contributed by atoms with van der Waals surface area (Å²) < 4.78 is 11.3. The summed E-state index contributed by atoms with van der Waals surface area (Å²) in [5.74, 6) is -1.08. The molecular formula is C30H27N3O6. The highest BCUT2D eigenvalue weighted by Crippen LogP contribution is 2.35. The Morgan fingerprint density at radius 1 is 0.872 bits per heavy atom. The summed E-state index contributed by atoms with van der Waals surface area (Å²) in [4.78, 5) is 38.0. The Labute approximate surface area is 224 Å². The Bertz CT molecular complexity index is 1520. The Balaban J connectivity index is 1.63. The van der Waals surface area contributed by atoms with E-state index in [0.717, 1.165) is 0 Å². The number of ether oxygens (including phenoxy) is 2. The van der Waals surface area contributed by atoms with Gasteiger partial charge in [0.15, 0.2) is 6.10 Å². The molecule has 4 aromatic carbocycles. The Morgan fingerprint density at radius 3 is 2.26 bits per heavy atom. The minimum atomic E-state index is -1.10. The van der Waals surface area contributed by atoms with Gasteiger partial charge in [-0.05, 0) is 41.8 Å². The molecule has 0 bridgehead atoms. The van der Waals surface area contributed by atoms with Crippen LogP contribution in [0.25, 0.3) is 10.8 Å². The van der Waals surface area contributed by atoms with E-state index in [2.05, 4.69) is 10.6 Å². The fourth-order valence-electron chi connectivity index (χ4n) is 4.03. The number of rotatable bonds is 8. The molecule has 0 aromatic heterocycles. The summed E-state index contributed by atoms with van der Waals surface area (Å²) >= 11 is 0. The zero-order chi connectivity index (χ0) is 27.8. The maximum absolute atomic E-state index is 12.9. The van der Waals surface area contributed by atoms with Gasteiger partial charge in [0.1, 0.15) is 11.9 Å². The van der Waals surface area contributed by atoms with E-state index in [1.807, 2.05) is 0 Å². The van der Waals surface area contributed by atoms with Crippen LogP contribution in [-0.2, 0) is 14.3 Å². The number of fused-ring (bicyclic) bond motifs is 1. The average Bonchev–Trinajstić information content (AvgIpc) is 2.95. The molecule has 4 rings (SSSR count). The fraction of sp³-hybridized carbons (Fsp3) is 0.100. The predicted molar refractivity (Wildman–Crippen MR) is 148 cm³/mol. The van der Waals surface area contributed by atoms with Crippen LogP contribution in [-0.4, -0.2) is 36.2 Å². The van der Waals surface area contributed by atoms with Gasteiger partial charge in [0.25, 0.3) is 5.91 Å². The van der Waals surface area contributed by atoms with Crippen LogP contribution in [0.4, 0.5) is 16.2 Å². The van der Waals surface area contributed by atoms with Gasteiger partial charge in [-0.3, -0.25) is 14.9 Å². The van der Waals surface area contributed by atoms with Crippen LogP contribution in [0.2, 0.25) is 0 Å². The van der Waals surface area contributed by atoms with Crippen LogP contribution < -0.4 is 16.4 Å². The second-order valence-electron chi connectivity index (χ2n) is 8.50. The molecule has 0 saturated heterocycles. The number of hydrogen-bond acceptors (Lipinski definition) is 7. The Morgan fingerprint density at radius 2 is 1.54 bits per heavy atom. The lowest BCUT2D eigenvalue weighted by Gasteiger charge is -2.25. The summed E-state index contributed by atoms with van der Waals surface area (Å²) in [5, 5.41) is 16.4. The number of anilines is 2. The first kappa shape index (κ1) is 26.9. The van der Waals surface area contributed by atoms with E-state index in [0.29, 0.717) is 27.7 Å². The second kappa shape index (κ2) is 12.4. The number of imide groups is 1. The van der Waals surface area contributed by atoms with E-state index in [1.54, 1.807) is 84.9 Å². The maximum Gasteiger partial charge on any atom is 0.414 e. The van der Waals surface area contributed by atoms with E-state index in [-0.39, 0.29) is 11.3 Å². The van der Waals surface area contributed by atoms with Crippen molar-refractivity contribution in [1.29, 1.82) is 0 Å². The van der Waals surface area contributed by atoms with Crippen molar-refractivity contribution >= 4 is 40.1 Å². The van der Waals surface area contributed by atoms with Crippen molar-refractivity contribution in [3.8, 4) is 5.75 Å². The number of alkyl carbamates (subject to hydrolysis) is 1. The highest BCUT2D eigenvalue weighted by atomic mass is 16.6. The highest BCUT2D eigenvalue weighted by Gasteiger charge is 2.28. The molecule has 0 aliphatic heterocycles. The summed E-state index contributed by atoms with van der Waals surface area (Å²) in [6.07, 6.45) is -0.382. The largest absolute Gasteiger partial charge is 0.507 e. The van der Waals surface area contributed by atoms with Gasteiger partial charge >= 0.3 is 6.09 Å². The highest BCUT2D eigenvalue weighted by molar-refractivity contribution is 6.03. The SMILES string of the molecule is CO[C@@H](/C=C/C(=O)Nc1ccccc1N)[C@@H](OC(=O)NC(=O)c1ccccc1)c1ccc(O)c2ccccc12. The molecule has 0 heterocycles. The summed E-state index contributed by atoms with van der Waals surface area (Å²) in [5.41, 5.74) is 7.52. The predicted octanol–water partition coefficient (Wildman–Crippen LogP) is 4.95. The Kier molecular flexibility index (Phi) is 8.55. The molecule has 198 valence electrons. The molecule has 0 aliphatic carbocycles. The average molecular weight is 526 g/mol. The van der Waals surface area contributed by atoms with Gasteiger partial charge in [-0.25, -0.2) is 4.79 Å². The number of methoxy groups -OCH3 is 1. The number of hydrogen-bond donors (Lipinski definition) is 4. The number of nitrogens with two attached hydrogens (primary N) is 1. The number of para-hydroxylation sites is 2. The number of nitrogen functional groups attached to an aromatic ring is 1. The van der Waals surface area contributed by atoms with Crippen LogP contribution >= 0.6 is 0 Å². The minimum absolute atomic E-state index is 0.0427. The van der Waals surface area contributed by atoms with Crippen molar-refractivity contribution in [3.05, 3.63) is 114 Å². The van der Waals surface area contributed by atoms with Gasteiger partial charge in [-0.2, -0.15) is 0 Å². The smallest absolute Gasteiger partial charge is 0.414 e. The van der Waals surface area contributed by atoms with Crippen LogP contribution in [0.1, 0.15) is 22.0 Å². The third-order valence-corrected chi connectivity index (χ3v) is 5.95. The third-order valence-electron chi connectivity index (χ3n) is 5.95. The number of carbonyl (C=O) groups is 3. The van der Waals surface area contributed by atoms with Gasteiger partial charge in [-0.15, -0.1) is 0 Å². The van der Waals surface area contributed by atoms with E-state index in [1.165, 1.54) is 25.3 Å². The van der Waals surface area contributed by atoms with Crippen molar-refractivity contribution in [2.24, 2.45) is 0 Å². The van der Waals surface area contributed by atoms with Gasteiger partial charge in [0.05, 0.1) is 11.4 Å². The zero-order valence-electron chi connectivity index (χ0n) is 21.0. The molecule has 9 heteroatoms. The number of nitrogens with one attached hydrogen (secondary N) is 2. The monoisotopic (exact) mass is 525 g/mol. The first-order chi connectivity index (χ1) is 18.9. The number of benzene rings is 4. The lowest BCUT2D eigenvalue weighted by molar-refractivity contribution is -0.112. The quantitative estimate of drug-likeness (QED) is 0.189. The van der Waals surface area contributed by atoms with Crippen molar-refractivity contribution in [1.82, 2.24) is 5.32 Å². The number of amides is 3. The molecule has 0 unspecified atom stereocenters. The molecule has 0 saturated carbocycles. The summed E-state index contributed by atoms with van der Waals surface area (Å²) in [6.45, 7) is 0. The second-order valence-corrected chi connectivity index (χ2v) is 8.50. The first-order valence-corrected chi connectivity index (χ1v) is 12.0. The van der Waals surface area contributed by atoms with E-state index < -0.39 is 30.1 Å². The third kappa shape index (κ3) is 6.60. The topological polar surface area (TPSA) is 140 Å². The number of carbonyl (C=O) groups excluding carboxylic acids is 3. The molecule has 0 radical (unpaired) electrons. The van der Waals surface area contributed by atoms with Gasteiger partial charge in [-0.1, -0.05) is 60.7 Å². The molecule has 5 N–H and O–H groups in total. The van der Waals surface area contributed by atoms with Crippen molar-refractivity contribution in [2.45, 2.75) is 12.2 Å². The van der Waals surface area contributed by atoms with Gasteiger partial charge in [0, 0.05) is 29.7 Å². The molecule has 0 aliphatic rings. The van der Waals surface area contributed by atoms with Crippen molar-refractivity contribution in [3.63, 3.8) is 0 Å². The van der Waals surface area contributed by atoms with Crippen LogP contribution in [0.5, 0.6) is 5.75 Å². The number of phenols is 1. The van der Waals surface area contributed by atoms with Crippen LogP contribution in [0, 0.1) is 0 Å². The zero-order valence-corrected chi connectivity index (χ0v) is 21.0. The molecule has 2 atom stereocenters. The molecular weight excluding hydrogens is 498 g/mol. The minimum Gasteiger partial charge on any atom is -0.507 e. The van der Waals surface area contributed by atoms with Gasteiger partial charge < -0.3 is 25.6 Å². The van der Waals surface area contributed by atoms with E-state index in [4.69, 9.17) is 15.2 Å². The summed E-state index contributed by atoms with van der Waals surface area (Å²) in [7, 11) is 1.40. The first-order valence-electron chi connectivity index (χ1n) is 12.0.